The molecule has 1 rings (SSSR count). The Hall–Kier alpha value is -1.38. The van der Waals surface area contributed by atoms with Crippen molar-refractivity contribution in [3.05, 3.63) is 18.2 Å². The average Bonchev–Trinajstić information content (AvgIpc) is 2.08. The molecule has 0 unspecified atom stereocenters. The van der Waals surface area contributed by atoms with Crippen LogP contribution in [0.5, 0.6) is 17.2 Å². The first kappa shape index (κ1) is 9.71. The van der Waals surface area contributed by atoms with Gasteiger partial charge in [0.1, 0.15) is 0 Å². The topological polar surface area (TPSA) is 38.7 Å². The van der Waals surface area contributed by atoms with Crippen LogP contribution in [0.15, 0.2) is 18.2 Å². The zero-order chi connectivity index (χ0) is 9.84. The third kappa shape index (κ3) is 2.28. The Morgan fingerprint density at radius 2 is 1.85 bits per heavy atom. The molecule has 0 bridgehead atoms. The van der Waals surface area contributed by atoms with E-state index in [0.717, 1.165) is 0 Å². The van der Waals surface area contributed by atoms with Crippen molar-refractivity contribution >= 4 is 0 Å². The minimum atomic E-state index is 0.0398. The summed E-state index contributed by atoms with van der Waals surface area (Å²) < 4.78 is 10.3. The third-order valence-electron chi connectivity index (χ3n) is 1.54. The van der Waals surface area contributed by atoms with Crippen molar-refractivity contribution in [2.75, 3.05) is 7.11 Å². The van der Waals surface area contributed by atoms with Crippen LogP contribution in [0.1, 0.15) is 13.8 Å². The van der Waals surface area contributed by atoms with Gasteiger partial charge in [-0.25, -0.2) is 0 Å². The van der Waals surface area contributed by atoms with Gasteiger partial charge in [0.2, 0.25) is 5.75 Å². The summed E-state index contributed by atoms with van der Waals surface area (Å²) in [6.45, 7) is 3.80. The van der Waals surface area contributed by atoms with Gasteiger partial charge in [-0.05, 0) is 26.0 Å². The van der Waals surface area contributed by atoms with Gasteiger partial charge in [-0.1, -0.05) is 6.07 Å². The molecule has 0 radical (unpaired) electrons. The predicted octanol–water partition coefficient (Wildman–Crippen LogP) is 2.19. The van der Waals surface area contributed by atoms with Crippen molar-refractivity contribution < 1.29 is 14.6 Å². The molecule has 0 fully saturated rings. The summed E-state index contributed by atoms with van der Waals surface area (Å²) in [4.78, 5) is 0. The second-order valence-corrected chi connectivity index (χ2v) is 2.97. The van der Waals surface area contributed by atoms with E-state index < -0.39 is 0 Å². The number of ether oxygens (including phenoxy) is 2. The molecule has 0 saturated carbocycles. The number of methoxy groups -OCH3 is 1. The maximum Gasteiger partial charge on any atom is 0.200 e. The van der Waals surface area contributed by atoms with E-state index in [9.17, 15) is 5.11 Å². The van der Waals surface area contributed by atoms with Crippen molar-refractivity contribution in [1.29, 1.82) is 0 Å². The lowest BCUT2D eigenvalue weighted by atomic mass is 10.3. The van der Waals surface area contributed by atoms with Crippen LogP contribution in [0.25, 0.3) is 0 Å². The molecule has 1 N–H and O–H groups in total. The molecule has 0 spiro atoms. The van der Waals surface area contributed by atoms with Gasteiger partial charge in [0, 0.05) is 0 Å². The fraction of sp³-hybridized carbons (Fsp3) is 0.400. The smallest absolute Gasteiger partial charge is 0.200 e. The van der Waals surface area contributed by atoms with Gasteiger partial charge >= 0.3 is 0 Å². The SMILES string of the molecule is COc1cccc(OC(C)C)c1O. The number of benzene rings is 1. The highest BCUT2D eigenvalue weighted by molar-refractivity contribution is 5.49. The highest BCUT2D eigenvalue weighted by Gasteiger charge is 2.08. The van der Waals surface area contributed by atoms with Gasteiger partial charge in [0.05, 0.1) is 13.2 Å². The van der Waals surface area contributed by atoms with E-state index in [-0.39, 0.29) is 11.9 Å². The molecule has 0 aliphatic rings. The summed E-state index contributed by atoms with van der Waals surface area (Å²) in [5.41, 5.74) is 0. The lowest BCUT2D eigenvalue weighted by Gasteiger charge is -2.12. The Kier molecular flexibility index (Phi) is 3.01. The monoisotopic (exact) mass is 182 g/mol. The summed E-state index contributed by atoms with van der Waals surface area (Å²) in [6.07, 6.45) is 0.0398. The van der Waals surface area contributed by atoms with Gasteiger partial charge in [0.25, 0.3) is 0 Å². The molecule has 1 aromatic carbocycles. The number of hydrogen-bond acceptors (Lipinski definition) is 3. The number of aromatic hydroxyl groups is 1. The molecular formula is C10H14O3. The number of para-hydroxylation sites is 1. The number of phenolic OH excluding ortho intramolecular Hbond substituents is 1. The molecule has 1 aromatic rings. The molecule has 0 amide bonds. The van der Waals surface area contributed by atoms with Crippen molar-refractivity contribution in [2.24, 2.45) is 0 Å². The quantitative estimate of drug-likeness (QED) is 0.778. The van der Waals surface area contributed by atoms with Crippen molar-refractivity contribution in [3.8, 4) is 17.2 Å². The van der Waals surface area contributed by atoms with E-state index in [1.165, 1.54) is 7.11 Å². The molecule has 0 aromatic heterocycles. The Morgan fingerprint density at radius 1 is 1.23 bits per heavy atom. The lowest BCUT2D eigenvalue weighted by Crippen LogP contribution is -2.05. The molecule has 13 heavy (non-hydrogen) atoms. The highest BCUT2D eigenvalue weighted by Crippen LogP contribution is 2.35. The summed E-state index contributed by atoms with van der Waals surface area (Å²) in [5.74, 6) is 0.936. The van der Waals surface area contributed by atoms with Crippen LogP contribution in [0.3, 0.4) is 0 Å². The minimum absolute atomic E-state index is 0.0398. The minimum Gasteiger partial charge on any atom is -0.502 e. The molecule has 0 aliphatic heterocycles. The highest BCUT2D eigenvalue weighted by atomic mass is 16.5. The lowest BCUT2D eigenvalue weighted by molar-refractivity contribution is 0.228. The molecule has 0 saturated heterocycles. The maximum atomic E-state index is 9.59. The van der Waals surface area contributed by atoms with Crippen molar-refractivity contribution in [1.82, 2.24) is 0 Å². The molecular weight excluding hydrogens is 168 g/mol. The van der Waals surface area contributed by atoms with Gasteiger partial charge in [0.15, 0.2) is 11.5 Å². The normalized spacial score (nSPS) is 10.2. The zero-order valence-corrected chi connectivity index (χ0v) is 8.07. The Morgan fingerprint density at radius 3 is 2.38 bits per heavy atom. The second-order valence-electron chi connectivity index (χ2n) is 2.97. The van der Waals surface area contributed by atoms with Crippen LogP contribution in [0.2, 0.25) is 0 Å². The van der Waals surface area contributed by atoms with Crippen LogP contribution in [0.4, 0.5) is 0 Å². The van der Waals surface area contributed by atoms with Crippen LogP contribution in [0, 0.1) is 0 Å². The van der Waals surface area contributed by atoms with Gasteiger partial charge in [-0.15, -0.1) is 0 Å². The summed E-state index contributed by atoms with van der Waals surface area (Å²) >= 11 is 0. The molecule has 0 aliphatic carbocycles. The van der Waals surface area contributed by atoms with Gasteiger partial charge in [-0.3, -0.25) is 0 Å². The Bertz CT molecular complexity index is 281. The number of rotatable bonds is 3. The van der Waals surface area contributed by atoms with Crippen molar-refractivity contribution in [3.63, 3.8) is 0 Å². The maximum absolute atomic E-state index is 9.59. The van der Waals surface area contributed by atoms with E-state index >= 15 is 0 Å². The molecule has 72 valence electrons. The Labute approximate surface area is 77.9 Å². The average molecular weight is 182 g/mol. The van der Waals surface area contributed by atoms with E-state index in [1.54, 1.807) is 18.2 Å². The molecule has 3 nitrogen and oxygen atoms in total. The van der Waals surface area contributed by atoms with E-state index in [2.05, 4.69) is 0 Å². The summed E-state index contributed by atoms with van der Waals surface area (Å²) in [6, 6.07) is 5.16. The van der Waals surface area contributed by atoms with Crippen LogP contribution < -0.4 is 9.47 Å². The fourth-order valence-corrected chi connectivity index (χ4v) is 1.02. The third-order valence-corrected chi connectivity index (χ3v) is 1.54. The van der Waals surface area contributed by atoms with E-state index in [4.69, 9.17) is 9.47 Å². The van der Waals surface area contributed by atoms with E-state index in [0.29, 0.717) is 11.5 Å². The Balaban J connectivity index is 2.94. The van der Waals surface area contributed by atoms with Gasteiger partial charge in [-0.2, -0.15) is 0 Å². The molecule has 0 atom stereocenters. The summed E-state index contributed by atoms with van der Waals surface area (Å²) in [5, 5.41) is 9.59. The molecule has 0 heterocycles. The standard InChI is InChI=1S/C10H14O3/c1-7(2)13-9-6-4-5-8(12-3)10(9)11/h4-7,11H,1-3H3. The van der Waals surface area contributed by atoms with E-state index in [1.807, 2.05) is 13.8 Å². The van der Waals surface area contributed by atoms with Crippen LogP contribution >= 0.6 is 0 Å². The van der Waals surface area contributed by atoms with Crippen molar-refractivity contribution in [2.45, 2.75) is 20.0 Å². The first-order chi connectivity index (χ1) is 6.15. The molecule has 3 heteroatoms. The zero-order valence-electron chi connectivity index (χ0n) is 8.07. The first-order valence-corrected chi connectivity index (χ1v) is 4.17. The predicted molar refractivity (Wildman–Crippen MR) is 50.4 cm³/mol. The number of hydrogen-bond donors (Lipinski definition) is 1. The largest absolute Gasteiger partial charge is 0.502 e. The second kappa shape index (κ2) is 4.03. The van der Waals surface area contributed by atoms with Crippen LogP contribution in [-0.2, 0) is 0 Å². The van der Waals surface area contributed by atoms with Gasteiger partial charge < -0.3 is 14.6 Å². The first-order valence-electron chi connectivity index (χ1n) is 4.17. The number of phenols is 1. The van der Waals surface area contributed by atoms with Crippen LogP contribution in [-0.4, -0.2) is 18.3 Å². The fourth-order valence-electron chi connectivity index (χ4n) is 1.02. The summed E-state index contributed by atoms with van der Waals surface area (Å²) in [7, 11) is 1.51.